The first-order chi connectivity index (χ1) is 13.1. The Morgan fingerprint density at radius 1 is 1.00 bits per heavy atom. The van der Waals surface area contributed by atoms with E-state index >= 15 is 0 Å². The molecule has 1 fully saturated rings. The summed E-state index contributed by atoms with van der Waals surface area (Å²) in [6, 6.07) is 14.7. The van der Waals surface area contributed by atoms with Gasteiger partial charge in [0.25, 0.3) is 5.91 Å². The van der Waals surface area contributed by atoms with Gasteiger partial charge in [0.05, 0.1) is 5.56 Å². The lowest BCUT2D eigenvalue weighted by atomic mass is 9.92. The lowest BCUT2D eigenvalue weighted by molar-refractivity contribution is 0.0683. The molecule has 0 radical (unpaired) electrons. The van der Waals surface area contributed by atoms with Gasteiger partial charge in [0, 0.05) is 24.2 Å². The number of hydrogen-bond acceptors (Lipinski definition) is 3. The normalized spacial score (nSPS) is 14.4. The van der Waals surface area contributed by atoms with Crippen LogP contribution in [0.2, 0.25) is 0 Å². The van der Waals surface area contributed by atoms with Crippen molar-refractivity contribution < 1.29 is 9.59 Å². The zero-order valence-electron chi connectivity index (χ0n) is 16.6. The lowest BCUT2D eigenvalue weighted by Crippen LogP contribution is -2.39. The van der Waals surface area contributed by atoms with Crippen LogP contribution in [0.3, 0.4) is 0 Å². The summed E-state index contributed by atoms with van der Waals surface area (Å²) in [5.74, 6) is 0.548. The number of likely N-dealkylation sites (tertiary alicyclic amines) is 1. The van der Waals surface area contributed by atoms with Crippen molar-refractivity contribution in [3.8, 4) is 0 Å². The molecule has 1 heterocycles. The van der Waals surface area contributed by atoms with Gasteiger partial charge >= 0.3 is 0 Å². The fourth-order valence-corrected chi connectivity index (χ4v) is 3.67. The van der Waals surface area contributed by atoms with Gasteiger partial charge in [-0.3, -0.25) is 9.59 Å². The van der Waals surface area contributed by atoms with Crippen LogP contribution in [0.1, 0.15) is 51.1 Å². The van der Waals surface area contributed by atoms with E-state index in [1.807, 2.05) is 55.3 Å². The fourth-order valence-electron chi connectivity index (χ4n) is 3.67. The van der Waals surface area contributed by atoms with Crippen molar-refractivity contribution in [3.63, 3.8) is 0 Å². The molecule has 4 nitrogen and oxygen atoms in total. The lowest BCUT2D eigenvalue weighted by Gasteiger charge is -2.32. The van der Waals surface area contributed by atoms with Crippen molar-refractivity contribution in [1.29, 1.82) is 0 Å². The quantitative estimate of drug-likeness (QED) is 0.742. The molecule has 1 aliphatic rings. The average molecular weight is 401 g/mol. The maximum absolute atomic E-state index is 13.1. The van der Waals surface area contributed by atoms with Crippen LogP contribution in [-0.2, 0) is 0 Å². The van der Waals surface area contributed by atoms with E-state index in [0.717, 1.165) is 44.5 Å². The number of piperidine rings is 1. The number of hydrogen-bond donors (Lipinski definition) is 1. The van der Waals surface area contributed by atoms with E-state index in [1.165, 1.54) is 0 Å². The highest BCUT2D eigenvalue weighted by molar-refractivity contribution is 6.15. The maximum Gasteiger partial charge on any atom is 0.254 e. The topological polar surface area (TPSA) is 49.4 Å². The predicted octanol–water partition coefficient (Wildman–Crippen LogP) is 4.11. The van der Waals surface area contributed by atoms with Gasteiger partial charge in [-0.05, 0) is 51.8 Å². The zero-order valence-corrected chi connectivity index (χ0v) is 17.4. The first kappa shape index (κ1) is 22.1. The number of carbonyl (C=O) groups excluding carboxylic acids is 2. The fraction of sp³-hybridized carbons (Fsp3) is 0.391. The van der Waals surface area contributed by atoms with Crippen LogP contribution < -0.4 is 5.32 Å². The summed E-state index contributed by atoms with van der Waals surface area (Å²) in [6.07, 6.45) is 3.21. The van der Waals surface area contributed by atoms with Crippen molar-refractivity contribution in [1.82, 2.24) is 10.2 Å². The number of carbonyl (C=O) groups is 2. The number of benzene rings is 2. The molecule has 0 atom stereocenters. The summed E-state index contributed by atoms with van der Waals surface area (Å²) in [5, 5.41) is 3.20. The minimum Gasteiger partial charge on any atom is -0.339 e. The first-order valence-electron chi connectivity index (χ1n) is 9.74. The van der Waals surface area contributed by atoms with Gasteiger partial charge < -0.3 is 10.2 Å². The van der Waals surface area contributed by atoms with Gasteiger partial charge in [-0.15, -0.1) is 12.4 Å². The largest absolute Gasteiger partial charge is 0.339 e. The van der Waals surface area contributed by atoms with Crippen LogP contribution in [0, 0.1) is 12.8 Å². The monoisotopic (exact) mass is 400 g/mol. The highest BCUT2D eigenvalue weighted by atomic mass is 35.5. The van der Waals surface area contributed by atoms with Crippen LogP contribution in [-0.4, -0.2) is 43.3 Å². The Morgan fingerprint density at radius 2 is 1.61 bits per heavy atom. The Bertz CT molecular complexity index is 797. The SMILES string of the molecule is CNCCC1CCN(C(=O)c2ccccc2C(=O)c2ccc(C)cc2)CC1.Cl. The van der Waals surface area contributed by atoms with E-state index in [0.29, 0.717) is 22.6 Å². The molecule has 1 amide bonds. The molecule has 0 unspecified atom stereocenters. The van der Waals surface area contributed by atoms with E-state index < -0.39 is 0 Å². The predicted molar refractivity (Wildman–Crippen MR) is 115 cm³/mol. The van der Waals surface area contributed by atoms with Crippen LogP contribution >= 0.6 is 12.4 Å². The van der Waals surface area contributed by atoms with Gasteiger partial charge in [-0.2, -0.15) is 0 Å². The Morgan fingerprint density at radius 3 is 2.21 bits per heavy atom. The zero-order chi connectivity index (χ0) is 19.2. The third-order valence-corrected chi connectivity index (χ3v) is 5.42. The van der Waals surface area contributed by atoms with E-state index in [9.17, 15) is 9.59 Å². The highest BCUT2D eigenvalue weighted by Gasteiger charge is 2.26. The number of ketones is 1. The summed E-state index contributed by atoms with van der Waals surface area (Å²) >= 11 is 0. The van der Waals surface area contributed by atoms with Crippen molar-refractivity contribution in [2.24, 2.45) is 5.92 Å². The standard InChI is InChI=1S/C23H28N2O2.ClH/c1-17-7-9-19(10-8-17)22(26)20-5-3-4-6-21(20)23(27)25-15-12-18(13-16-25)11-14-24-2;/h3-10,18,24H,11-16H2,1-2H3;1H. The second-order valence-electron chi connectivity index (χ2n) is 7.37. The number of nitrogens with zero attached hydrogens (tertiary/aromatic N) is 1. The minimum atomic E-state index is -0.0946. The molecular formula is C23H29ClN2O2. The van der Waals surface area contributed by atoms with Gasteiger partial charge in [-0.1, -0.05) is 48.0 Å². The second-order valence-corrected chi connectivity index (χ2v) is 7.37. The van der Waals surface area contributed by atoms with Crippen LogP contribution in [0.15, 0.2) is 48.5 Å². The van der Waals surface area contributed by atoms with Crippen LogP contribution in [0.25, 0.3) is 0 Å². The molecule has 0 bridgehead atoms. The number of rotatable bonds is 6. The Balaban J connectivity index is 0.00000280. The van der Waals surface area contributed by atoms with Gasteiger partial charge in [0.15, 0.2) is 5.78 Å². The molecule has 2 aromatic carbocycles. The van der Waals surface area contributed by atoms with Crippen LogP contribution in [0.5, 0.6) is 0 Å². The van der Waals surface area contributed by atoms with E-state index in [2.05, 4.69) is 5.32 Å². The van der Waals surface area contributed by atoms with Gasteiger partial charge in [-0.25, -0.2) is 0 Å². The summed E-state index contributed by atoms with van der Waals surface area (Å²) in [5.41, 5.74) is 2.73. The molecule has 1 N–H and O–H groups in total. The molecule has 0 aliphatic carbocycles. The highest BCUT2D eigenvalue weighted by Crippen LogP contribution is 2.23. The summed E-state index contributed by atoms with van der Waals surface area (Å²) in [6.45, 7) is 4.54. The molecule has 3 rings (SSSR count). The Labute approximate surface area is 173 Å². The molecule has 150 valence electrons. The second kappa shape index (κ2) is 10.4. The molecule has 2 aromatic rings. The summed E-state index contributed by atoms with van der Waals surface area (Å²) in [4.78, 5) is 28.0. The maximum atomic E-state index is 13.1. The third-order valence-electron chi connectivity index (χ3n) is 5.42. The average Bonchev–Trinajstić information content (AvgIpc) is 2.72. The van der Waals surface area contributed by atoms with Crippen molar-refractivity contribution in [3.05, 3.63) is 70.8 Å². The van der Waals surface area contributed by atoms with Crippen LogP contribution in [0.4, 0.5) is 0 Å². The molecule has 1 aliphatic heterocycles. The summed E-state index contributed by atoms with van der Waals surface area (Å²) in [7, 11) is 1.97. The molecule has 0 saturated carbocycles. The van der Waals surface area contributed by atoms with E-state index in [4.69, 9.17) is 0 Å². The molecule has 5 heteroatoms. The third kappa shape index (κ3) is 5.21. The number of halogens is 1. The first-order valence-corrected chi connectivity index (χ1v) is 9.74. The van der Waals surface area contributed by atoms with Gasteiger partial charge in [0.2, 0.25) is 0 Å². The molecule has 1 saturated heterocycles. The van der Waals surface area contributed by atoms with E-state index in [1.54, 1.807) is 12.1 Å². The molecule has 28 heavy (non-hydrogen) atoms. The minimum absolute atomic E-state index is 0. The van der Waals surface area contributed by atoms with E-state index in [-0.39, 0.29) is 24.1 Å². The Kier molecular flexibility index (Phi) is 8.21. The molecular weight excluding hydrogens is 372 g/mol. The molecule has 0 spiro atoms. The number of nitrogens with one attached hydrogen (secondary N) is 1. The van der Waals surface area contributed by atoms with Gasteiger partial charge in [0.1, 0.15) is 0 Å². The van der Waals surface area contributed by atoms with Crippen molar-refractivity contribution in [2.45, 2.75) is 26.2 Å². The Hall–Kier alpha value is -2.17. The number of aryl methyl sites for hydroxylation is 1. The smallest absolute Gasteiger partial charge is 0.254 e. The van der Waals surface area contributed by atoms with Crippen molar-refractivity contribution in [2.75, 3.05) is 26.7 Å². The molecule has 0 aromatic heterocycles. The number of amides is 1. The summed E-state index contributed by atoms with van der Waals surface area (Å²) < 4.78 is 0. The van der Waals surface area contributed by atoms with Crippen molar-refractivity contribution >= 4 is 24.1 Å².